The lowest BCUT2D eigenvalue weighted by Crippen LogP contribution is -2.40. The van der Waals surface area contributed by atoms with Crippen molar-refractivity contribution in [3.05, 3.63) is 106 Å². The monoisotopic (exact) mass is 559 g/mol. The van der Waals surface area contributed by atoms with Crippen LogP contribution in [0.25, 0.3) is 10.8 Å². The molecule has 0 bridgehead atoms. The van der Waals surface area contributed by atoms with Crippen molar-refractivity contribution >= 4 is 34.2 Å². The SMILES string of the molecule is CC1=CC(=O)C2=C(C1=O)[C@@H](c1ccc(O)c3ccccc13)C1=CC[C@@H]3C(=O)N(CCc4ccc(O)cc4)C(=O)[C@@H]3[C@@H]1C2. The lowest BCUT2D eigenvalue weighted by molar-refractivity contribution is -0.140. The lowest BCUT2D eigenvalue weighted by Gasteiger charge is -2.42. The summed E-state index contributed by atoms with van der Waals surface area (Å²) in [6.07, 6.45) is 4.48. The number of carbonyl (C=O) groups excluding carboxylic acids is 4. The second kappa shape index (κ2) is 9.65. The van der Waals surface area contributed by atoms with Crippen molar-refractivity contribution < 1.29 is 29.4 Å². The van der Waals surface area contributed by atoms with Crippen LogP contribution in [0, 0.1) is 17.8 Å². The second-order valence-electron chi connectivity index (χ2n) is 11.7. The Morgan fingerprint density at radius 3 is 2.36 bits per heavy atom. The first-order chi connectivity index (χ1) is 20.2. The van der Waals surface area contributed by atoms with E-state index in [0.29, 0.717) is 34.9 Å². The lowest BCUT2D eigenvalue weighted by atomic mass is 9.59. The van der Waals surface area contributed by atoms with Gasteiger partial charge in [0.05, 0.1) is 11.8 Å². The first-order valence-corrected chi connectivity index (χ1v) is 14.3. The standard InChI is InChI=1S/C35H29NO6/c1-18-16-29(39)27-17-26-24(30(32(27)33(18)40)23-12-13-28(38)22-5-3-2-4-21(22)23)10-11-25-31(26)35(42)36(34(25)41)15-14-19-6-8-20(37)9-7-19/h2-10,12-13,16,25-26,30-31,37-38H,11,14-15,17H2,1H3/t25-,26+,30-,31-/m0/s1. The minimum absolute atomic E-state index is 0.122. The fourth-order valence-corrected chi connectivity index (χ4v) is 7.46. The summed E-state index contributed by atoms with van der Waals surface area (Å²) < 4.78 is 0. The first-order valence-electron chi connectivity index (χ1n) is 14.3. The summed E-state index contributed by atoms with van der Waals surface area (Å²) in [6, 6.07) is 17.5. The van der Waals surface area contributed by atoms with Gasteiger partial charge in [0.2, 0.25) is 11.8 Å². The van der Waals surface area contributed by atoms with Gasteiger partial charge in [-0.2, -0.15) is 0 Å². The minimum Gasteiger partial charge on any atom is -0.508 e. The van der Waals surface area contributed by atoms with Crippen molar-refractivity contribution in [3.8, 4) is 11.5 Å². The minimum atomic E-state index is -0.618. The van der Waals surface area contributed by atoms with E-state index in [9.17, 15) is 29.4 Å². The zero-order chi connectivity index (χ0) is 29.3. The number of hydrogen-bond acceptors (Lipinski definition) is 6. The Bertz CT molecular complexity index is 1810. The maximum absolute atomic E-state index is 14.0. The molecule has 42 heavy (non-hydrogen) atoms. The van der Waals surface area contributed by atoms with E-state index in [0.717, 1.165) is 22.1 Å². The topological polar surface area (TPSA) is 112 Å². The fraction of sp³-hybridized carbons (Fsp3) is 0.257. The number of rotatable bonds is 4. The average Bonchev–Trinajstić information content (AvgIpc) is 3.24. The number of benzene rings is 3. The van der Waals surface area contributed by atoms with Gasteiger partial charge in [-0.05, 0) is 72.9 Å². The Hall–Kier alpha value is -4.78. The predicted octanol–water partition coefficient (Wildman–Crippen LogP) is 4.92. The summed E-state index contributed by atoms with van der Waals surface area (Å²) in [7, 11) is 0. The first kappa shape index (κ1) is 26.1. The molecule has 1 saturated heterocycles. The van der Waals surface area contributed by atoms with Crippen molar-refractivity contribution in [2.24, 2.45) is 17.8 Å². The molecule has 7 rings (SSSR count). The largest absolute Gasteiger partial charge is 0.508 e. The van der Waals surface area contributed by atoms with Crippen molar-refractivity contribution in [2.45, 2.75) is 32.1 Å². The zero-order valence-corrected chi connectivity index (χ0v) is 23.0. The third-order valence-corrected chi connectivity index (χ3v) is 9.46. The molecule has 2 N–H and O–H groups in total. The number of fused-ring (bicyclic) bond motifs is 4. The number of ketones is 2. The van der Waals surface area contributed by atoms with E-state index in [4.69, 9.17) is 0 Å². The molecule has 3 aliphatic carbocycles. The molecular formula is C35H29NO6. The number of aromatic hydroxyl groups is 2. The number of nitrogens with zero attached hydrogens (tertiary/aromatic N) is 1. The van der Waals surface area contributed by atoms with Crippen LogP contribution in [0.4, 0.5) is 0 Å². The molecule has 4 atom stereocenters. The number of allylic oxidation sites excluding steroid dienone is 6. The number of likely N-dealkylation sites (tertiary alicyclic amines) is 1. The Balaban J connectivity index is 1.31. The van der Waals surface area contributed by atoms with Crippen LogP contribution >= 0.6 is 0 Å². The van der Waals surface area contributed by atoms with Crippen LogP contribution in [0.2, 0.25) is 0 Å². The highest BCUT2D eigenvalue weighted by Crippen LogP contribution is 2.56. The maximum atomic E-state index is 14.0. The number of amides is 2. The van der Waals surface area contributed by atoms with E-state index in [1.54, 1.807) is 43.3 Å². The van der Waals surface area contributed by atoms with Crippen LogP contribution in [-0.2, 0) is 25.6 Å². The molecule has 0 radical (unpaired) electrons. The molecular weight excluding hydrogens is 530 g/mol. The highest BCUT2D eigenvalue weighted by molar-refractivity contribution is 6.24. The Morgan fingerprint density at radius 1 is 0.857 bits per heavy atom. The summed E-state index contributed by atoms with van der Waals surface area (Å²) >= 11 is 0. The van der Waals surface area contributed by atoms with Crippen molar-refractivity contribution in [1.29, 1.82) is 0 Å². The van der Waals surface area contributed by atoms with E-state index >= 15 is 0 Å². The Labute approximate surface area is 242 Å². The highest BCUT2D eigenvalue weighted by Gasteiger charge is 2.56. The summed E-state index contributed by atoms with van der Waals surface area (Å²) in [5.74, 6) is -2.68. The van der Waals surface area contributed by atoms with Crippen molar-refractivity contribution in [2.75, 3.05) is 6.54 Å². The van der Waals surface area contributed by atoms with Gasteiger partial charge in [0.1, 0.15) is 11.5 Å². The average molecular weight is 560 g/mol. The van der Waals surface area contributed by atoms with E-state index in [1.165, 1.54) is 11.0 Å². The van der Waals surface area contributed by atoms with Crippen LogP contribution in [0.5, 0.6) is 11.5 Å². The highest BCUT2D eigenvalue weighted by atomic mass is 16.3. The van der Waals surface area contributed by atoms with Gasteiger partial charge in [0.15, 0.2) is 11.6 Å². The van der Waals surface area contributed by atoms with Crippen molar-refractivity contribution in [1.82, 2.24) is 4.90 Å². The van der Waals surface area contributed by atoms with Gasteiger partial charge in [-0.3, -0.25) is 24.1 Å². The van der Waals surface area contributed by atoms with Crippen LogP contribution in [0.3, 0.4) is 0 Å². The van der Waals surface area contributed by atoms with Crippen LogP contribution < -0.4 is 0 Å². The van der Waals surface area contributed by atoms with Gasteiger partial charge in [-0.1, -0.05) is 54.1 Å². The molecule has 2 amide bonds. The van der Waals surface area contributed by atoms with E-state index < -0.39 is 23.7 Å². The van der Waals surface area contributed by atoms with Gasteiger partial charge in [0, 0.05) is 34.6 Å². The molecule has 3 aromatic rings. The summed E-state index contributed by atoms with van der Waals surface area (Å²) in [6.45, 7) is 1.88. The molecule has 0 aromatic heterocycles. The molecule has 3 aromatic carbocycles. The van der Waals surface area contributed by atoms with Crippen LogP contribution in [0.1, 0.15) is 36.8 Å². The number of hydrogen-bond donors (Lipinski definition) is 2. The number of phenolic OH excluding ortho intramolecular Hbond substituents is 2. The summed E-state index contributed by atoms with van der Waals surface area (Å²) in [5, 5.41) is 21.6. The zero-order valence-electron chi connectivity index (χ0n) is 23.0. The molecule has 7 nitrogen and oxygen atoms in total. The number of Topliss-reactive ketones (excluding diaryl/α,β-unsaturated/α-hetero) is 1. The Kier molecular flexibility index (Phi) is 6.01. The molecule has 7 heteroatoms. The fourth-order valence-electron chi connectivity index (χ4n) is 7.46. The van der Waals surface area contributed by atoms with E-state index in [2.05, 4.69) is 0 Å². The predicted molar refractivity (Wildman–Crippen MR) is 155 cm³/mol. The summed E-state index contributed by atoms with van der Waals surface area (Å²) in [4.78, 5) is 56.0. The van der Waals surface area contributed by atoms with Gasteiger partial charge in [-0.15, -0.1) is 0 Å². The summed E-state index contributed by atoms with van der Waals surface area (Å²) in [5.41, 5.74) is 3.83. The third kappa shape index (κ3) is 3.87. The molecule has 1 fully saturated rings. The second-order valence-corrected chi connectivity index (χ2v) is 11.7. The molecule has 1 heterocycles. The molecule has 0 unspecified atom stereocenters. The van der Waals surface area contributed by atoms with Crippen LogP contribution in [-0.4, -0.2) is 45.0 Å². The molecule has 0 saturated carbocycles. The number of carbonyl (C=O) groups is 4. The van der Waals surface area contributed by atoms with E-state index in [1.807, 2.05) is 30.3 Å². The number of phenols is 2. The molecule has 0 spiro atoms. The van der Waals surface area contributed by atoms with E-state index in [-0.39, 0.29) is 47.8 Å². The smallest absolute Gasteiger partial charge is 0.233 e. The normalized spacial score (nSPS) is 25.3. The molecule has 4 aliphatic rings. The molecule has 210 valence electrons. The van der Waals surface area contributed by atoms with Gasteiger partial charge >= 0.3 is 0 Å². The van der Waals surface area contributed by atoms with Gasteiger partial charge in [0.25, 0.3) is 0 Å². The number of imide groups is 1. The van der Waals surface area contributed by atoms with Crippen LogP contribution in [0.15, 0.2) is 95.1 Å². The van der Waals surface area contributed by atoms with Gasteiger partial charge in [-0.25, -0.2) is 0 Å². The maximum Gasteiger partial charge on any atom is 0.233 e. The van der Waals surface area contributed by atoms with Crippen molar-refractivity contribution in [3.63, 3.8) is 0 Å². The quantitative estimate of drug-likeness (QED) is 0.267. The van der Waals surface area contributed by atoms with Gasteiger partial charge < -0.3 is 10.2 Å². The third-order valence-electron chi connectivity index (χ3n) is 9.46. The Morgan fingerprint density at radius 2 is 1.60 bits per heavy atom. The molecule has 1 aliphatic heterocycles.